The molecule has 0 aliphatic carbocycles. The van der Waals surface area contributed by atoms with Crippen LogP contribution in [0.3, 0.4) is 0 Å². The van der Waals surface area contributed by atoms with Gasteiger partial charge in [0.05, 0.1) is 0 Å². The van der Waals surface area contributed by atoms with Gasteiger partial charge >= 0.3 is 0 Å². The normalized spacial score (nSPS) is 12.1. The quantitative estimate of drug-likeness (QED) is 0.749. The molecule has 0 fully saturated rings. The van der Waals surface area contributed by atoms with Crippen LogP contribution >= 0.6 is 0 Å². The molecule has 1 atom stereocenters. The molecule has 1 heterocycles. The molecule has 24 heavy (non-hydrogen) atoms. The van der Waals surface area contributed by atoms with Crippen molar-refractivity contribution >= 4 is 16.9 Å². The molecule has 4 heteroatoms. The Morgan fingerprint density at radius 1 is 1.17 bits per heavy atom. The third-order valence-electron chi connectivity index (χ3n) is 3.84. The molecule has 1 amide bonds. The lowest BCUT2D eigenvalue weighted by molar-refractivity contribution is -0.123. The lowest BCUT2D eigenvalue weighted by Gasteiger charge is -2.13. The highest BCUT2D eigenvalue weighted by Crippen LogP contribution is 2.20. The number of rotatable bonds is 6. The molecule has 0 saturated carbocycles. The molecule has 0 aliphatic heterocycles. The molecule has 3 rings (SSSR count). The number of hydrogen-bond acceptors (Lipinski definition) is 3. The number of ether oxygens (including phenoxy) is 1. The standard InChI is InChI=1S/C20H21NO3/c1-14-7-3-5-9-18(14)23-13-20(22)21-15(2)11-17-12-16-8-4-6-10-19(16)24-17/h3-10,12,15H,11,13H2,1-2H3,(H,21,22)/t15-/m1/s1. The van der Waals surface area contributed by atoms with E-state index in [0.29, 0.717) is 6.42 Å². The molecule has 0 saturated heterocycles. The average Bonchev–Trinajstić information content (AvgIpc) is 2.96. The van der Waals surface area contributed by atoms with E-state index in [1.807, 2.05) is 68.4 Å². The fraction of sp³-hybridized carbons (Fsp3) is 0.250. The van der Waals surface area contributed by atoms with Gasteiger partial charge in [-0.05, 0) is 37.6 Å². The Balaban J connectivity index is 1.51. The summed E-state index contributed by atoms with van der Waals surface area (Å²) in [4.78, 5) is 12.0. The topological polar surface area (TPSA) is 51.5 Å². The lowest BCUT2D eigenvalue weighted by atomic mass is 10.2. The first-order valence-corrected chi connectivity index (χ1v) is 8.07. The molecular weight excluding hydrogens is 302 g/mol. The van der Waals surface area contributed by atoms with Gasteiger partial charge in [-0.3, -0.25) is 4.79 Å². The fourth-order valence-electron chi connectivity index (χ4n) is 2.67. The largest absolute Gasteiger partial charge is 0.484 e. The van der Waals surface area contributed by atoms with E-state index in [1.54, 1.807) is 0 Å². The molecule has 2 aromatic carbocycles. The van der Waals surface area contributed by atoms with Crippen LogP contribution in [0.15, 0.2) is 59.0 Å². The molecular formula is C20H21NO3. The molecule has 3 aromatic rings. The summed E-state index contributed by atoms with van der Waals surface area (Å²) in [7, 11) is 0. The number of furan rings is 1. The van der Waals surface area contributed by atoms with Gasteiger partial charge in [0.2, 0.25) is 0 Å². The Kier molecular flexibility index (Phi) is 4.85. The summed E-state index contributed by atoms with van der Waals surface area (Å²) < 4.78 is 11.3. The van der Waals surface area contributed by atoms with Crippen LogP contribution in [0.25, 0.3) is 11.0 Å². The van der Waals surface area contributed by atoms with E-state index in [2.05, 4.69) is 5.32 Å². The molecule has 0 spiro atoms. The first-order valence-electron chi connectivity index (χ1n) is 8.07. The molecule has 0 radical (unpaired) electrons. The van der Waals surface area contributed by atoms with E-state index in [4.69, 9.17) is 9.15 Å². The highest BCUT2D eigenvalue weighted by molar-refractivity contribution is 5.78. The van der Waals surface area contributed by atoms with Crippen LogP contribution in [0.4, 0.5) is 0 Å². The number of carbonyl (C=O) groups excluding carboxylic acids is 1. The van der Waals surface area contributed by atoms with Crippen LogP contribution in [-0.4, -0.2) is 18.6 Å². The monoisotopic (exact) mass is 323 g/mol. The highest BCUT2D eigenvalue weighted by Gasteiger charge is 2.12. The minimum absolute atomic E-state index is 0.00925. The van der Waals surface area contributed by atoms with Crippen molar-refractivity contribution in [3.63, 3.8) is 0 Å². The highest BCUT2D eigenvalue weighted by atomic mass is 16.5. The van der Waals surface area contributed by atoms with Gasteiger partial charge in [0.1, 0.15) is 17.1 Å². The van der Waals surface area contributed by atoms with E-state index in [-0.39, 0.29) is 18.6 Å². The number of carbonyl (C=O) groups is 1. The van der Waals surface area contributed by atoms with Crippen molar-refractivity contribution in [3.05, 3.63) is 65.9 Å². The smallest absolute Gasteiger partial charge is 0.258 e. The van der Waals surface area contributed by atoms with Crippen molar-refractivity contribution < 1.29 is 13.9 Å². The summed E-state index contributed by atoms with van der Waals surface area (Å²) in [6.07, 6.45) is 0.644. The number of para-hydroxylation sites is 2. The molecule has 124 valence electrons. The summed E-state index contributed by atoms with van der Waals surface area (Å²) in [5, 5.41) is 4.02. The van der Waals surface area contributed by atoms with Crippen LogP contribution in [0.2, 0.25) is 0 Å². The van der Waals surface area contributed by atoms with Crippen LogP contribution in [-0.2, 0) is 11.2 Å². The van der Waals surface area contributed by atoms with Crippen molar-refractivity contribution in [3.8, 4) is 5.75 Å². The zero-order chi connectivity index (χ0) is 16.9. The van der Waals surface area contributed by atoms with Crippen molar-refractivity contribution in [2.24, 2.45) is 0 Å². The second-order valence-electron chi connectivity index (χ2n) is 5.98. The fourth-order valence-corrected chi connectivity index (χ4v) is 2.67. The van der Waals surface area contributed by atoms with Gasteiger partial charge in [-0.2, -0.15) is 0 Å². The summed E-state index contributed by atoms with van der Waals surface area (Å²) in [5.74, 6) is 1.46. The first-order chi connectivity index (χ1) is 11.6. The van der Waals surface area contributed by atoms with Crippen LogP contribution in [0, 0.1) is 6.92 Å². The summed E-state index contributed by atoms with van der Waals surface area (Å²) in [6, 6.07) is 17.5. The first kappa shape index (κ1) is 16.1. The maximum atomic E-state index is 12.0. The van der Waals surface area contributed by atoms with E-state index in [1.165, 1.54) is 0 Å². The van der Waals surface area contributed by atoms with Gasteiger partial charge < -0.3 is 14.5 Å². The summed E-state index contributed by atoms with van der Waals surface area (Å²) in [6.45, 7) is 3.92. The van der Waals surface area contributed by atoms with Crippen LogP contribution in [0.5, 0.6) is 5.75 Å². The number of amides is 1. The number of nitrogens with one attached hydrogen (secondary N) is 1. The van der Waals surface area contributed by atoms with Gasteiger partial charge in [-0.1, -0.05) is 36.4 Å². The minimum Gasteiger partial charge on any atom is -0.484 e. The van der Waals surface area contributed by atoms with Gasteiger partial charge in [-0.25, -0.2) is 0 Å². The summed E-state index contributed by atoms with van der Waals surface area (Å²) in [5.41, 5.74) is 1.88. The van der Waals surface area contributed by atoms with Crippen molar-refractivity contribution in [1.82, 2.24) is 5.32 Å². The third kappa shape index (κ3) is 3.96. The molecule has 1 aromatic heterocycles. The third-order valence-corrected chi connectivity index (χ3v) is 3.84. The van der Waals surface area contributed by atoms with E-state index >= 15 is 0 Å². The predicted octanol–water partition coefficient (Wildman–Crippen LogP) is 3.87. The Bertz CT molecular complexity index is 805. The van der Waals surface area contributed by atoms with Crippen molar-refractivity contribution in [2.45, 2.75) is 26.3 Å². The van der Waals surface area contributed by atoms with Crippen LogP contribution in [0.1, 0.15) is 18.2 Å². The Hall–Kier alpha value is -2.75. The maximum Gasteiger partial charge on any atom is 0.258 e. The molecule has 0 unspecified atom stereocenters. The number of aryl methyl sites for hydroxylation is 1. The second kappa shape index (κ2) is 7.21. The molecule has 4 nitrogen and oxygen atoms in total. The minimum atomic E-state index is -0.137. The summed E-state index contributed by atoms with van der Waals surface area (Å²) >= 11 is 0. The molecule has 0 aliphatic rings. The lowest BCUT2D eigenvalue weighted by Crippen LogP contribution is -2.37. The zero-order valence-electron chi connectivity index (χ0n) is 13.9. The number of fused-ring (bicyclic) bond motifs is 1. The average molecular weight is 323 g/mol. The van der Waals surface area contributed by atoms with Crippen molar-refractivity contribution in [2.75, 3.05) is 6.61 Å². The van der Waals surface area contributed by atoms with E-state index in [0.717, 1.165) is 28.0 Å². The van der Waals surface area contributed by atoms with E-state index < -0.39 is 0 Å². The van der Waals surface area contributed by atoms with Gasteiger partial charge in [0.25, 0.3) is 5.91 Å². The van der Waals surface area contributed by atoms with Gasteiger partial charge in [0, 0.05) is 17.8 Å². The predicted molar refractivity (Wildman–Crippen MR) is 94.2 cm³/mol. The van der Waals surface area contributed by atoms with Crippen molar-refractivity contribution in [1.29, 1.82) is 0 Å². The van der Waals surface area contributed by atoms with Crippen LogP contribution < -0.4 is 10.1 Å². The number of hydrogen-bond donors (Lipinski definition) is 1. The Morgan fingerprint density at radius 3 is 2.71 bits per heavy atom. The molecule has 1 N–H and O–H groups in total. The molecule has 0 bridgehead atoms. The van der Waals surface area contributed by atoms with Gasteiger partial charge in [0.15, 0.2) is 6.61 Å². The number of benzene rings is 2. The van der Waals surface area contributed by atoms with E-state index in [9.17, 15) is 4.79 Å². The Labute approximate surface area is 141 Å². The maximum absolute atomic E-state index is 12.0. The Morgan fingerprint density at radius 2 is 1.92 bits per heavy atom. The zero-order valence-corrected chi connectivity index (χ0v) is 13.9. The SMILES string of the molecule is Cc1ccccc1OCC(=O)N[C@H](C)Cc1cc2ccccc2o1. The van der Waals surface area contributed by atoms with Gasteiger partial charge in [-0.15, -0.1) is 0 Å². The second-order valence-corrected chi connectivity index (χ2v) is 5.98.